The van der Waals surface area contributed by atoms with Crippen molar-refractivity contribution in [2.45, 2.75) is 0 Å². The molecule has 0 saturated carbocycles. The van der Waals surface area contributed by atoms with E-state index in [1.807, 2.05) is 0 Å². The van der Waals surface area contributed by atoms with E-state index in [1.54, 1.807) is 18.3 Å². The standard InChI is InChI=1S/C12H7Br2FN2O/c13-7-3-4-16-11(5-7)17-12(18)9-2-1-8(15)6-10(9)14/h1-6H,(H,16,17,18). The van der Waals surface area contributed by atoms with E-state index in [4.69, 9.17) is 0 Å². The van der Waals surface area contributed by atoms with Gasteiger partial charge in [0.25, 0.3) is 5.91 Å². The van der Waals surface area contributed by atoms with E-state index in [0.717, 1.165) is 4.47 Å². The highest BCUT2D eigenvalue weighted by Gasteiger charge is 2.11. The summed E-state index contributed by atoms with van der Waals surface area (Å²) in [4.78, 5) is 15.9. The average molecular weight is 374 g/mol. The van der Waals surface area contributed by atoms with Gasteiger partial charge in [0.1, 0.15) is 11.6 Å². The molecule has 1 N–H and O–H groups in total. The maximum absolute atomic E-state index is 12.9. The summed E-state index contributed by atoms with van der Waals surface area (Å²) in [6, 6.07) is 7.31. The molecule has 2 rings (SSSR count). The molecule has 0 spiro atoms. The molecule has 0 fully saturated rings. The van der Waals surface area contributed by atoms with E-state index in [-0.39, 0.29) is 5.91 Å². The van der Waals surface area contributed by atoms with Gasteiger partial charge in [-0.15, -0.1) is 0 Å². The van der Waals surface area contributed by atoms with Crippen molar-refractivity contribution in [2.24, 2.45) is 0 Å². The Balaban J connectivity index is 2.22. The molecule has 0 aliphatic heterocycles. The summed E-state index contributed by atoms with van der Waals surface area (Å²) in [6.07, 6.45) is 1.57. The number of nitrogens with zero attached hydrogens (tertiary/aromatic N) is 1. The summed E-state index contributed by atoms with van der Waals surface area (Å²) in [6.45, 7) is 0. The lowest BCUT2D eigenvalue weighted by Gasteiger charge is -2.06. The van der Waals surface area contributed by atoms with Crippen LogP contribution in [0.25, 0.3) is 0 Å². The van der Waals surface area contributed by atoms with Crippen molar-refractivity contribution in [3.05, 3.63) is 56.9 Å². The van der Waals surface area contributed by atoms with Gasteiger partial charge in [-0.2, -0.15) is 0 Å². The Bertz CT molecular complexity index is 604. The molecule has 1 aromatic heterocycles. The fraction of sp³-hybridized carbons (Fsp3) is 0. The zero-order chi connectivity index (χ0) is 13.1. The second-order valence-corrected chi connectivity index (χ2v) is 5.21. The number of carbonyl (C=O) groups is 1. The van der Waals surface area contributed by atoms with E-state index >= 15 is 0 Å². The molecule has 0 aliphatic carbocycles. The fourth-order valence-corrected chi connectivity index (χ4v) is 2.20. The van der Waals surface area contributed by atoms with Gasteiger partial charge in [-0.25, -0.2) is 9.37 Å². The molecule has 1 heterocycles. The molecule has 0 atom stereocenters. The van der Waals surface area contributed by atoms with Crippen molar-refractivity contribution in [2.75, 3.05) is 5.32 Å². The molecule has 1 aromatic carbocycles. The number of pyridine rings is 1. The van der Waals surface area contributed by atoms with Crippen LogP contribution in [0.5, 0.6) is 0 Å². The highest BCUT2D eigenvalue weighted by Crippen LogP contribution is 2.20. The number of amides is 1. The summed E-state index contributed by atoms with van der Waals surface area (Å²) in [5, 5.41) is 2.63. The van der Waals surface area contributed by atoms with Crippen LogP contribution in [0.15, 0.2) is 45.5 Å². The molecule has 0 bridgehead atoms. The summed E-state index contributed by atoms with van der Waals surface area (Å²) in [5.74, 6) is -0.336. The van der Waals surface area contributed by atoms with Crippen LogP contribution in [0.1, 0.15) is 10.4 Å². The SMILES string of the molecule is O=C(Nc1cc(Br)ccn1)c1ccc(F)cc1Br. The van der Waals surface area contributed by atoms with Crippen molar-refractivity contribution >= 4 is 43.6 Å². The Morgan fingerprint density at radius 1 is 1.22 bits per heavy atom. The van der Waals surface area contributed by atoms with Gasteiger partial charge in [-0.1, -0.05) is 15.9 Å². The zero-order valence-electron chi connectivity index (χ0n) is 8.95. The van der Waals surface area contributed by atoms with Gasteiger partial charge in [0.15, 0.2) is 0 Å². The molecule has 0 aliphatic rings. The molecule has 92 valence electrons. The third-order valence-electron chi connectivity index (χ3n) is 2.14. The molecule has 0 radical (unpaired) electrons. The minimum atomic E-state index is -0.404. The minimum absolute atomic E-state index is 0.346. The van der Waals surface area contributed by atoms with Crippen LogP contribution in [0.4, 0.5) is 10.2 Å². The van der Waals surface area contributed by atoms with Crippen LogP contribution >= 0.6 is 31.9 Å². The Morgan fingerprint density at radius 3 is 2.67 bits per heavy atom. The van der Waals surface area contributed by atoms with E-state index in [0.29, 0.717) is 15.9 Å². The summed E-state index contributed by atoms with van der Waals surface area (Å²) in [5.41, 5.74) is 0.346. The summed E-state index contributed by atoms with van der Waals surface area (Å²) in [7, 11) is 0. The first kappa shape index (κ1) is 13.2. The predicted molar refractivity (Wildman–Crippen MR) is 74.0 cm³/mol. The monoisotopic (exact) mass is 372 g/mol. The molecule has 6 heteroatoms. The Kier molecular flexibility index (Phi) is 4.08. The lowest BCUT2D eigenvalue weighted by molar-refractivity contribution is 0.102. The molecular weight excluding hydrogens is 367 g/mol. The van der Waals surface area contributed by atoms with Gasteiger partial charge in [0.05, 0.1) is 5.56 Å². The van der Waals surface area contributed by atoms with E-state index in [9.17, 15) is 9.18 Å². The van der Waals surface area contributed by atoms with Gasteiger partial charge in [-0.3, -0.25) is 4.79 Å². The van der Waals surface area contributed by atoms with E-state index in [1.165, 1.54) is 18.2 Å². The highest BCUT2D eigenvalue weighted by molar-refractivity contribution is 9.10. The Labute approximate surface area is 120 Å². The molecule has 18 heavy (non-hydrogen) atoms. The van der Waals surface area contributed by atoms with Gasteiger partial charge in [0.2, 0.25) is 0 Å². The lowest BCUT2D eigenvalue weighted by atomic mass is 10.2. The fourth-order valence-electron chi connectivity index (χ4n) is 1.33. The number of benzene rings is 1. The number of hydrogen-bond donors (Lipinski definition) is 1. The van der Waals surface area contributed by atoms with Crippen molar-refractivity contribution < 1.29 is 9.18 Å². The molecule has 2 aromatic rings. The van der Waals surface area contributed by atoms with Gasteiger partial charge < -0.3 is 5.32 Å². The molecular formula is C12H7Br2FN2O. The number of carbonyl (C=O) groups excluding carboxylic acids is 1. The molecule has 1 amide bonds. The first-order valence-corrected chi connectivity index (χ1v) is 6.53. The normalized spacial score (nSPS) is 10.2. The third-order valence-corrected chi connectivity index (χ3v) is 3.29. The van der Waals surface area contributed by atoms with Crippen molar-refractivity contribution in [1.29, 1.82) is 0 Å². The Morgan fingerprint density at radius 2 is 2.00 bits per heavy atom. The van der Waals surface area contributed by atoms with Gasteiger partial charge in [-0.05, 0) is 46.3 Å². The van der Waals surface area contributed by atoms with Crippen LogP contribution in [-0.4, -0.2) is 10.9 Å². The maximum atomic E-state index is 12.9. The van der Waals surface area contributed by atoms with Crippen LogP contribution in [0.3, 0.4) is 0 Å². The predicted octanol–water partition coefficient (Wildman–Crippen LogP) is 4.00. The van der Waals surface area contributed by atoms with Crippen molar-refractivity contribution in [3.8, 4) is 0 Å². The Hall–Kier alpha value is -1.27. The van der Waals surface area contributed by atoms with Crippen molar-refractivity contribution in [3.63, 3.8) is 0 Å². The maximum Gasteiger partial charge on any atom is 0.257 e. The van der Waals surface area contributed by atoms with Crippen LogP contribution in [-0.2, 0) is 0 Å². The smallest absolute Gasteiger partial charge is 0.257 e. The summed E-state index contributed by atoms with van der Waals surface area (Å²) >= 11 is 6.43. The topological polar surface area (TPSA) is 42.0 Å². The molecule has 0 unspecified atom stereocenters. The first-order valence-electron chi connectivity index (χ1n) is 4.94. The summed E-state index contributed by atoms with van der Waals surface area (Å²) < 4.78 is 14.1. The minimum Gasteiger partial charge on any atom is -0.306 e. The largest absolute Gasteiger partial charge is 0.306 e. The third kappa shape index (κ3) is 3.14. The number of nitrogens with one attached hydrogen (secondary N) is 1. The molecule has 0 saturated heterocycles. The lowest BCUT2D eigenvalue weighted by Crippen LogP contribution is -2.13. The first-order chi connectivity index (χ1) is 8.56. The average Bonchev–Trinajstić information content (AvgIpc) is 2.28. The van der Waals surface area contributed by atoms with Gasteiger partial charge >= 0.3 is 0 Å². The second-order valence-electron chi connectivity index (χ2n) is 3.44. The van der Waals surface area contributed by atoms with Crippen LogP contribution in [0.2, 0.25) is 0 Å². The number of aromatic nitrogens is 1. The van der Waals surface area contributed by atoms with Crippen LogP contribution in [0, 0.1) is 5.82 Å². The highest BCUT2D eigenvalue weighted by atomic mass is 79.9. The number of anilines is 1. The van der Waals surface area contributed by atoms with Crippen LogP contribution < -0.4 is 5.32 Å². The second kappa shape index (κ2) is 5.58. The number of rotatable bonds is 2. The molecule has 3 nitrogen and oxygen atoms in total. The van der Waals surface area contributed by atoms with E-state index < -0.39 is 5.82 Å². The van der Waals surface area contributed by atoms with Gasteiger partial charge in [0, 0.05) is 15.1 Å². The van der Waals surface area contributed by atoms with E-state index in [2.05, 4.69) is 42.2 Å². The zero-order valence-corrected chi connectivity index (χ0v) is 12.1. The van der Waals surface area contributed by atoms with Crippen molar-refractivity contribution in [1.82, 2.24) is 4.98 Å². The number of hydrogen-bond acceptors (Lipinski definition) is 2. The number of halogens is 3. The quantitative estimate of drug-likeness (QED) is 0.864.